The summed E-state index contributed by atoms with van der Waals surface area (Å²) in [6.07, 6.45) is 12.8. The fourth-order valence-electron chi connectivity index (χ4n) is 4.60. The van der Waals surface area contributed by atoms with Gasteiger partial charge in [0.15, 0.2) is 0 Å². The monoisotopic (exact) mass is 307 g/mol. The second kappa shape index (κ2) is 6.65. The summed E-state index contributed by atoms with van der Waals surface area (Å²) in [4.78, 5) is 0. The Bertz CT molecular complexity index is 591. The summed E-state index contributed by atoms with van der Waals surface area (Å²) >= 11 is 0. The van der Waals surface area contributed by atoms with E-state index in [1.807, 2.05) is 11.1 Å². The second-order valence-electron chi connectivity index (χ2n) is 7.75. The van der Waals surface area contributed by atoms with E-state index in [0.29, 0.717) is 6.04 Å². The summed E-state index contributed by atoms with van der Waals surface area (Å²) in [5, 5.41) is 3.39. The van der Waals surface area contributed by atoms with Gasteiger partial charge in [0.05, 0.1) is 0 Å². The van der Waals surface area contributed by atoms with Crippen LogP contribution in [0.15, 0.2) is 48.1 Å². The number of allylic oxidation sites excluding steroid dienone is 3. The first-order valence-corrected chi connectivity index (χ1v) is 9.47. The molecular formula is C22H29N. The van der Waals surface area contributed by atoms with E-state index in [2.05, 4.69) is 42.2 Å². The van der Waals surface area contributed by atoms with Gasteiger partial charge in [-0.05, 0) is 74.3 Å². The molecule has 1 fully saturated rings. The summed E-state index contributed by atoms with van der Waals surface area (Å²) in [7, 11) is 0. The summed E-state index contributed by atoms with van der Waals surface area (Å²) < 4.78 is 0. The fraction of sp³-hybridized carbons (Fsp3) is 0.545. The zero-order valence-corrected chi connectivity index (χ0v) is 14.2. The van der Waals surface area contributed by atoms with Crippen molar-refractivity contribution in [1.82, 2.24) is 5.32 Å². The highest BCUT2D eigenvalue weighted by Gasteiger charge is 2.28. The van der Waals surface area contributed by atoms with Crippen LogP contribution in [0.1, 0.15) is 74.5 Å². The molecule has 0 amide bonds. The van der Waals surface area contributed by atoms with Gasteiger partial charge in [0.25, 0.3) is 0 Å². The molecule has 1 heterocycles. The van der Waals surface area contributed by atoms with Crippen molar-refractivity contribution in [2.24, 2.45) is 5.92 Å². The van der Waals surface area contributed by atoms with Gasteiger partial charge in [0.2, 0.25) is 0 Å². The molecule has 2 aliphatic carbocycles. The zero-order chi connectivity index (χ0) is 15.6. The van der Waals surface area contributed by atoms with E-state index in [1.54, 1.807) is 5.56 Å². The van der Waals surface area contributed by atoms with Crippen molar-refractivity contribution in [3.8, 4) is 0 Å². The van der Waals surface area contributed by atoms with Crippen LogP contribution in [-0.4, -0.2) is 6.54 Å². The third kappa shape index (κ3) is 3.45. The van der Waals surface area contributed by atoms with Crippen LogP contribution in [0, 0.1) is 5.92 Å². The molecule has 0 saturated carbocycles. The lowest BCUT2D eigenvalue weighted by atomic mass is 9.71. The average molecular weight is 307 g/mol. The molecular weight excluding hydrogens is 278 g/mol. The van der Waals surface area contributed by atoms with Crippen LogP contribution in [0.25, 0.3) is 0 Å². The van der Waals surface area contributed by atoms with Gasteiger partial charge in [-0.2, -0.15) is 0 Å². The molecule has 1 saturated heterocycles. The van der Waals surface area contributed by atoms with Gasteiger partial charge < -0.3 is 5.32 Å². The molecule has 0 bridgehead atoms. The third-order valence-electron chi connectivity index (χ3n) is 6.17. The van der Waals surface area contributed by atoms with Crippen LogP contribution in [0.3, 0.4) is 0 Å². The Morgan fingerprint density at radius 1 is 1.00 bits per heavy atom. The summed E-state index contributed by atoms with van der Waals surface area (Å²) in [5.74, 6) is 1.69. The molecule has 1 aromatic rings. The molecule has 1 nitrogen and oxygen atoms in total. The van der Waals surface area contributed by atoms with Gasteiger partial charge in [0, 0.05) is 12.6 Å². The van der Waals surface area contributed by atoms with E-state index in [-0.39, 0.29) is 0 Å². The third-order valence-corrected chi connectivity index (χ3v) is 6.17. The Balaban J connectivity index is 1.40. The first-order chi connectivity index (χ1) is 11.3. The van der Waals surface area contributed by atoms with Crippen LogP contribution in [0.2, 0.25) is 0 Å². The maximum Gasteiger partial charge on any atom is 0.0447 e. The largest absolute Gasteiger partial charge is 0.307 e. The van der Waals surface area contributed by atoms with Crippen LogP contribution in [-0.2, 0) is 0 Å². The maximum atomic E-state index is 3.87. The van der Waals surface area contributed by atoms with Crippen molar-refractivity contribution >= 4 is 0 Å². The Hall–Kier alpha value is -1.34. The quantitative estimate of drug-likeness (QED) is 0.550. The first-order valence-electron chi connectivity index (χ1n) is 9.47. The van der Waals surface area contributed by atoms with Gasteiger partial charge in [-0.1, -0.05) is 41.5 Å². The van der Waals surface area contributed by atoms with Gasteiger partial charge in [-0.3, -0.25) is 0 Å². The van der Waals surface area contributed by atoms with Crippen LogP contribution in [0.5, 0.6) is 0 Å². The van der Waals surface area contributed by atoms with Crippen molar-refractivity contribution in [2.75, 3.05) is 6.54 Å². The van der Waals surface area contributed by atoms with E-state index in [1.165, 1.54) is 56.9 Å². The van der Waals surface area contributed by atoms with Crippen molar-refractivity contribution in [2.45, 2.75) is 63.3 Å². The molecule has 0 spiro atoms. The molecule has 1 N–H and O–H groups in total. The standard InChI is InChI=1S/C22H29N/c1-2-3-4-16-5-6-21-14-20(12-11-19(21)13-16)17-7-9-18(10-8-17)22-15-23-22/h2,7-10,16,20,22-23H,1,3-6,11-15H2/t16?,20?,22-/m0/s1. The number of rotatable bonds is 5. The Morgan fingerprint density at radius 2 is 1.70 bits per heavy atom. The molecule has 1 aromatic carbocycles. The minimum absolute atomic E-state index is 0.635. The molecule has 122 valence electrons. The zero-order valence-electron chi connectivity index (χ0n) is 14.2. The number of nitrogens with one attached hydrogen (secondary N) is 1. The summed E-state index contributed by atoms with van der Waals surface area (Å²) in [6, 6.07) is 10.1. The maximum absolute atomic E-state index is 3.87. The van der Waals surface area contributed by atoms with Crippen LogP contribution in [0.4, 0.5) is 0 Å². The lowest BCUT2D eigenvalue weighted by molar-refractivity contribution is 0.392. The number of hydrogen-bond acceptors (Lipinski definition) is 1. The van der Waals surface area contributed by atoms with Crippen molar-refractivity contribution in [3.05, 3.63) is 59.2 Å². The van der Waals surface area contributed by atoms with Gasteiger partial charge in [-0.25, -0.2) is 0 Å². The molecule has 3 atom stereocenters. The summed E-state index contributed by atoms with van der Waals surface area (Å²) in [6.45, 7) is 5.03. The van der Waals surface area contributed by atoms with Crippen molar-refractivity contribution in [3.63, 3.8) is 0 Å². The van der Waals surface area contributed by atoms with Gasteiger partial charge in [0.1, 0.15) is 0 Å². The molecule has 1 heteroatoms. The predicted octanol–water partition coefficient (Wildman–Crippen LogP) is 5.66. The molecule has 0 aromatic heterocycles. The minimum Gasteiger partial charge on any atom is -0.307 e. The normalized spacial score (nSPS) is 30.0. The minimum atomic E-state index is 0.635. The molecule has 4 rings (SSSR count). The molecule has 2 unspecified atom stereocenters. The Kier molecular flexibility index (Phi) is 4.39. The van der Waals surface area contributed by atoms with Crippen molar-refractivity contribution in [1.29, 1.82) is 0 Å². The van der Waals surface area contributed by atoms with E-state index in [0.717, 1.165) is 18.4 Å². The lowest BCUT2D eigenvalue weighted by Crippen LogP contribution is -2.17. The van der Waals surface area contributed by atoms with E-state index >= 15 is 0 Å². The Labute approximate surface area is 140 Å². The fourth-order valence-corrected chi connectivity index (χ4v) is 4.60. The second-order valence-corrected chi connectivity index (χ2v) is 7.75. The van der Waals surface area contributed by atoms with E-state index < -0.39 is 0 Å². The van der Waals surface area contributed by atoms with Crippen LogP contribution < -0.4 is 5.32 Å². The predicted molar refractivity (Wildman–Crippen MR) is 97.6 cm³/mol. The molecule has 1 aliphatic heterocycles. The van der Waals surface area contributed by atoms with E-state index in [9.17, 15) is 0 Å². The van der Waals surface area contributed by atoms with Gasteiger partial charge >= 0.3 is 0 Å². The number of benzene rings is 1. The van der Waals surface area contributed by atoms with Gasteiger partial charge in [-0.15, -0.1) is 6.58 Å². The highest BCUT2D eigenvalue weighted by atomic mass is 15.1. The first kappa shape index (κ1) is 15.2. The lowest BCUT2D eigenvalue weighted by Gasteiger charge is -2.34. The topological polar surface area (TPSA) is 21.9 Å². The molecule has 3 aliphatic rings. The Morgan fingerprint density at radius 3 is 2.43 bits per heavy atom. The van der Waals surface area contributed by atoms with Crippen LogP contribution >= 0.6 is 0 Å². The highest BCUT2D eigenvalue weighted by molar-refractivity contribution is 5.33. The highest BCUT2D eigenvalue weighted by Crippen LogP contribution is 2.44. The average Bonchev–Trinajstić information content (AvgIpc) is 3.44. The smallest absolute Gasteiger partial charge is 0.0447 e. The van der Waals surface area contributed by atoms with Crippen molar-refractivity contribution < 1.29 is 0 Å². The van der Waals surface area contributed by atoms with E-state index in [4.69, 9.17) is 0 Å². The SMILES string of the molecule is C=CCCC1CCC2=C(CCC(c3ccc([C@@H]4CN4)cc3)C2)C1. The molecule has 0 radical (unpaired) electrons. The number of hydrogen-bond donors (Lipinski definition) is 1. The molecule has 23 heavy (non-hydrogen) atoms. The summed E-state index contributed by atoms with van der Waals surface area (Å²) in [5.41, 5.74) is 6.66.